The molecular formula is C15H27N3O3. The van der Waals surface area contributed by atoms with Crippen molar-refractivity contribution in [3.8, 4) is 0 Å². The third kappa shape index (κ3) is 4.88. The number of nitrogens with zero attached hydrogens (tertiary/aromatic N) is 1. The first-order valence-electron chi connectivity index (χ1n) is 8.06. The molecule has 0 aromatic carbocycles. The molecule has 2 rings (SSSR count). The van der Waals surface area contributed by atoms with E-state index in [4.69, 9.17) is 5.11 Å². The molecule has 3 N–H and O–H groups in total. The van der Waals surface area contributed by atoms with Crippen LogP contribution in [0.2, 0.25) is 0 Å². The van der Waals surface area contributed by atoms with Crippen LogP contribution in [-0.2, 0) is 4.79 Å². The monoisotopic (exact) mass is 297 g/mol. The second-order valence-corrected chi connectivity index (χ2v) is 6.45. The van der Waals surface area contributed by atoms with Gasteiger partial charge in [0.2, 0.25) is 0 Å². The largest absolute Gasteiger partial charge is 0.481 e. The van der Waals surface area contributed by atoms with Gasteiger partial charge in [-0.3, -0.25) is 4.79 Å². The Morgan fingerprint density at radius 2 is 1.95 bits per heavy atom. The summed E-state index contributed by atoms with van der Waals surface area (Å²) in [5, 5.41) is 14.8. The molecule has 1 heterocycles. The Hall–Kier alpha value is -1.30. The van der Waals surface area contributed by atoms with E-state index in [9.17, 15) is 9.59 Å². The number of amides is 2. The molecule has 0 bridgehead atoms. The molecule has 21 heavy (non-hydrogen) atoms. The number of urea groups is 1. The summed E-state index contributed by atoms with van der Waals surface area (Å²) in [6.45, 7) is 6.11. The molecule has 0 radical (unpaired) electrons. The fourth-order valence-corrected chi connectivity index (χ4v) is 3.39. The number of carboxylic acids is 1. The van der Waals surface area contributed by atoms with E-state index in [1.165, 1.54) is 25.9 Å². The zero-order valence-corrected chi connectivity index (χ0v) is 12.8. The SMILES string of the molecule is CC(CNC(=O)NC1CCCC1C(=O)O)CN1CCCC1. The van der Waals surface area contributed by atoms with Crippen molar-refractivity contribution in [2.75, 3.05) is 26.2 Å². The highest BCUT2D eigenvalue weighted by molar-refractivity contribution is 5.77. The summed E-state index contributed by atoms with van der Waals surface area (Å²) >= 11 is 0. The van der Waals surface area contributed by atoms with Crippen molar-refractivity contribution >= 4 is 12.0 Å². The van der Waals surface area contributed by atoms with E-state index in [1.54, 1.807) is 0 Å². The maximum Gasteiger partial charge on any atom is 0.315 e. The van der Waals surface area contributed by atoms with Crippen LogP contribution in [0.5, 0.6) is 0 Å². The van der Waals surface area contributed by atoms with E-state index < -0.39 is 11.9 Å². The number of likely N-dealkylation sites (tertiary alicyclic amines) is 1. The third-order valence-electron chi connectivity index (χ3n) is 4.53. The number of carboxylic acid groups (broad SMARTS) is 1. The minimum atomic E-state index is -0.805. The number of carbonyl (C=O) groups excluding carboxylic acids is 1. The summed E-state index contributed by atoms with van der Waals surface area (Å²) in [6.07, 6.45) is 4.84. The average Bonchev–Trinajstić information content (AvgIpc) is 3.07. The highest BCUT2D eigenvalue weighted by atomic mass is 16.4. The first-order valence-corrected chi connectivity index (χ1v) is 8.06. The minimum absolute atomic E-state index is 0.226. The van der Waals surface area contributed by atoms with Gasteiger partial charge in [0.15, 0.2) is 0 Å². The summed E-state index contributed by atoms with van der Waals surface area (Å²) in [5.74, 6) is -0.828. The van der Waals surface area contributed by atoms with Gasteiger partial charge < -0.3 is 20.6 Å². The predicted molar refractivity (Wildman–Crippen MR) is 80.1 cm³/mol. The van der Waals surface area contributed by atoms with Crippen molar-refractivity contribution in [1.29, 1.82) is 0 Å². The Balaban J connectivity index is 1.65. The van der Waals surface area contributed by atoms with E-state index in [-0.39, 0.29) is 12.1 Å². The highest BCUT2D eigenvalue weighted by Crippen LogP contribution is 2.25. The van der Waals surface area contributed by atoms with Gasteiger partial charge in [0, 0.05) is 19.1 Å². The predicted octanol–water partition coefficient (Wildman–Crippen LogP) is 1.27. The molecule has 2 amide bonds. The van der Waals surface area contributed by atoms with Gasteiger partial charge in [0.05, 0.1) is 5.92 Å². The average molecular weight is 297 g/mol. The molecule has 0 spiro atoms. The number of hydrogen-bond donors (Lipinski definition) is 3. The van der Waals surface area contributed by atoms with Gasteiger partial charge in [-0.2, -0.15) is 0 Å². The maximum atomic E-state index is 11.9. The van der Waals surface area contributed by atoms with Gasteiger partial charge in [-0.1, -0.05) is 13.3 Å². The lowest BCUT2D eigenvalue weighted by Crippen LogP contribution is -2.47. The van der Waals surface area contributed by atoms with E-state index in [1.807, 2.05) is 0 Å². The molecule has 1 saturated heterocycles. The van der Waals surface area contributed by atoms with Gasteiger partial charge in [-0.25, -0.2) is 4.79 Å². The molecule has 0 aromatic heterocycles. The Labute approximate surface area is 126 Å². The highest BCUT2D eigenvalue weighted by Gasteiger charge is 2.33. The summed E-state index contributed by atoms with van der Waals surface area (Å²) in [5.41, 5.74) is 0. The standard InChI is InChI=1S/C15H27N3O3/c1-11(10-18-7-2-3-8-18)9-16-15(21)17-13-6-4-5-12(13)14(19)20/h11-13H,2-10H2,1H3,(H,19,20)(H2,16,17,21). The maximum absolute atomic E-state index is 11.9. The summed E-state index contributed by atoms with van der Waals surface area (Å²) in [6, 6.07) is -0.460. The molecule has 6 heteroatoms. The molecule has 3 atom stereocenters. The summed E-state index contributed by atoms with van der Waals surface area (Å²) < 4.78 is 0. The van der Waals surface area contributed by atoms with Crippen molar-refractivity contribution in [3.63, 3.8) is 0 Å². The van der Waals surface area contributed by atoms with Gasteiger partial charge in [0.25, 0.3) is 0 Å². The molecular weight excluding hydrogens is 270 g/mol. The molecule has 1 aliphatic carbocycles. The second kappa shape index (κ2) is 7.64. The Morgan fingerprint density at radius 3 is 2.62 bits per heavy atom. The molecule has 120 valence electrons. The smallest absolute Gasteiger partial charge is 0.315 e. The lowest BCUT2D eigenvalue weighted by molar-refractivity contribution is -0.142. The molecule has 2 fully saturated rings. The second-order valence-electron chi connectivity index (χ2n) is 6.45. The summed E-state index contributed by atoms with van der Waals surface area (Å²) in [7, 11) is 0. The lowest BCUT2D eigenvalue weighted by atomic mass is 10.0. The number of nitrogens with one attached hydrogen (secondary N) is 2. The lowest BCUT2D eigenvalue weighted by Gasteiger charge is -2.22. The summed E-state index contributed by atoms with van der Waals surface area (Å²) in [4.78, 5) is 25.4. The number of aliphatic carboxylic acids is 1. The Bertz CT molecular complexity index is 369. The van der Waals surface area contributed by atoms with Crippen LogP contribution in [0.4, 0.5) is 4.79 Å². The van der Waals surface area contributed by atoms with Crippen molar-refractivity contribution in [1.82, 2.24) is 15.5 Å². The van der Waals surface area contributed by atoms with Gasteiger partial charge in [-0.15, -0.1) is 0 Å². The van der Waals surface area contributed by atoms with Crippen molar-refractivity contribution in [2.24, 2.45) is 11.8 Å². The number of rotatable bonds is 6. The van der Waals surface area contributed by atoms with E-state index >= 15 is 0 Å². The topological polar surface area (TPSA) is 81.7 Å². The van der Waals surface area contributed by atoms with Crippen LogP contribution in [0.3, 0.4) is 0 Å². The number of carbonyl (C=O) groups is 2. The normalized spacial score (nSPS) is 27.5. The fourth-order valence-electron chi connectivity index (χ4n) is 3.39. The van der Waals surface area contributed by atoms with Crippen molar-refractivity contribution in [3.05, 3.63) is 0 Å². The molecule has 2 aliphatic rings. The molecule has 3 unspecified atom stereocenters. The van der Waals surface area contributed by atoms with Gasteiger partial charge in [0.1, 0.15) is 0 Å². The zero-order valence-electron chi connectivity index (χ0n) is 12.8. The Kier molecular flexibility index (Phi) is 5.85. The number of hydrogen-bond acceptors (Lipinski definition) is 3. The molecule has 1 aliphatic heterocycles. The van der Waals surface area contributed by atoms with Crippen LogP contribution >= 0.6 is 0 Å². The fraction of sp³-hybridized carbons (Fsp3) is 0.867. The van der Waals surface area contributed by atoms with Gasteiger partial charge in [-0.05, 0) is 44.7 Å². The molecule has 0 aromatic rings. The molecule has 6 nitrogen and oxygen atoms in total. The van der Waals surface area contributed by atoms with Crippen LogP contribution < -0.4 is 10.6 Å². The van der Waals surface area contributed by atoms with Crippen LogP contribution in [0.15, 0.2) is 0 Å². The van der Waals surface area contributed by atoms with Gasteiger partial charge >= 0.3 is 12.0 Å². The third-order valence-corrected chi connectivity index (χ3v) is 4.53. The van der Waals surface area contributed by atoms with E-state index in [0.29, 0.717) is 18.9 Å². The molecule has 1 saturated carbocycles. The quantitative estimate of drug-likeness (QED) is 0.689. The van der Waals surface area contributed by atoms with Crippen LogP contribution in [-0.4, -0.2) is 54.2 Å². The van der Waals surface area contributed by atoms with Crippen LogP contribution in [0.25, 0.3) is 0 Å². The van der Waals surface area contributed by atoms with E-state index in [2.05, 4.69) is 22.5 Å². The zero-order chi connectivity index (χ0) is 15.2. The van der Waals surface area contributed by atoms with Crippen LogP contribution in [0.1, 0.15) is 39.0 Å². The minimum Gasteiger partial charge on any atom is -0.481 e. The Morgan fingerprint density at radius 1 is 1.24 bits per heavy atom. The van der Waals surface area contributed by atoms with Crippen LogP contribution in [0, 0.1) is 11.8 Å². The first kappa shape index (κ1) is 16.1. The van der Waals surface area contributed by atoms with E-state index in [0.717, 1.165) is 19.4 Å². The van der Waals surface area contributed by atoms with Crippen molar-refractivity contribution in [2.45, 2.75) is 45.1 Å². The first-order chi connectivity index (χ1) is 10.1. The van der Waals surface area contributed by atoms with Crippen molar-refractivity contribution < 1.29 is 14.7 Å².